The molecule has 2 aliphatic rings. The summed E-state index contributed by atoms with van der Waals surface area (Å²) in [6.07, 6.45) is 0.151. The number of aliphatic hydroxyl groups excluding tert-OH is 1. The summed E-state index contributed by atoms with van der Waals surface area (Å²) in [5, 5.41) is 9.59. The van der Waals surface area contributed by atoms with Gasteiger partial charge in [0.15, 0.2) is 0 Å². The number of likely N-dealkylation sites (tertiary alicyclic amines) is 1. The molecule has 0 radical (unpaired) electrons. The normalized spacial score (nSPS) is 24.9. The Morgan fingerprint density at radius 3 is 2.15 bits per heavy atom. The molecule has 2 fully saturated rings. The van der Waals surface area contributed by atoms with Crippen LogP contribution < -0.4 is 0 Å². The lowest BCUT2D eigenvalue weighted by Gasteiger charge is -2.32. The fourth-order valence-corrected chi connectivity index (χ4v) is 3.23. The van der Waals surface area contributed by atoms with Gasteiger partial charge >= 0.3 is 7.12 Å². The topological polar surface area (TPSA) is 59.0 Å². The maximum absolute atomic E-state index is 14.9. The predicted molar refractivity (Wildman–Crippen MR) is 103 cm³/mol. The van der Waals surface area contributed by atoms with Crippen molar-refractivity contribution >= 4 is 18.6 Å². The van der Waals surface area contributed by atoms with Crippen molar-refractivity contribution in [3.05, 3.63) is 41.1 Å². The summed E-state index contributed by atoms with van der Waals surface area (Å²) >= 11 is 0. The maximum atomic E-state index is 14.9. The molecule has 0 aliphatic carbocycles. The third-order valence-corrected chi connectivity index (χ3v) is 5.83. The van der Waals surface area contributed by atoms with E-state index in [9.17, 15) is 14.3 Å². The maximum Gasteiger partial charge on any atom is 0.525 e. The Hall–Kier alpha value is -1.70. The second-order valence-electron chi connectivity index (χ2n) is 8.33. The molecule has 3 rings (SSSR count). The van der Waals surface area contributed by atoms with Gasteiger partial charge in [0.05, 0.1) is 17.3 Å². The monoisotopic (exact) mass is 375 g/mol. The molecule has 2 aliphatic heterocycles. The smallest absolute Gasteiger partial charge is 0.398 e. The fourth-order valence-electron chi connectivity index (χ4n) is 3.23. The average molecular weight is 375 g/mol. The molecule has 1 unspecified atom stereocenters. The number of aliphatic hydroxyl groups is 1. The Morgan fingerprint density at radius 2 is 1.67 bits per heavy atom. The van der Waals surface area contributed by atoms with E-state index < -0.39 is 30.2 Å². The summed E-state index contributed by atoms with van der Waals surface area (Å²) in [6, 6.07) is 6.81. The minimum Gasteiger partial charge on any atom is -0.398 e. The third kappa shape index (κ3) is 3.81. The van der Waals surface area contributed by atoms with E-state index in [-0.39, 0.29) is 5.91 Å². The second kappa shape index (κ2) is 7.04. The van der Waals surface area contributed by atoms with Crippen LogP contribution in [0.5, 0.6) is 0 Å². The second-order valence-corrected chi connectivity index (χ2v) is 8.33. The molecule has 27 heavy (non-hydrogen) atoms. The first kappa shape index (κ1) is 20.0. The molecule has 5 nitrogen and oxygen atoms in total. The van der Waals surface area contributed by atoms with E-state index in [1.807, 2.05) is 27.7 Å². The van der Waals surface area contributed by atoms with Gasteiger partial charge in [-0.1, -0.05) is 12.1 Å². The molecule has 7 heteroatoms. The van der Waals surface area contributed by atoms with E-state index in [4.69, 9.17) is 9.31 Å². The lowest BCUT2D eigenvalue weighted by atomic mass is 9.83. The van der Waals surface area contributed by atoms with Crippen molar-refractivity contribution < 1.29 is 23.6 Å². The molecule has 1 atom stereocenters. The molecule has 0 bridgehead atoms. The van der Waals surface area contributed by atoms with Gasteiger partial charge < -0.3 is 19.3 Å². The molecule has 2 heterocycles. The SMILES string of the molecule is CC(=C(F)B1OC(C)(C)C(C)(C)O1)c1ccc(C(=O)N2CCC(O)C2)cc1. The van der Waals surface area contributed by atoms with Crippen molar-refractivity contribution in [3.8, 4) is 0 Å². The van der Waals surface area contributed by atoms with E-state index >= 15 is 0 Å². The molecule has 1 N–H and O–H groups in total. The Bertz CT molecular complexity index is 744. The Balaban J connectivity index is 1.76. The first-order valence-electron chi connectivity index (χ1n) is 9.31. The average Bonchev–Trinajstić information content (AvgIpc) is 3.13. The largest absolute Gasteiger partial charge is 0.525 e. The zero-order chi connectivity index (χ0) is 20.0. The van der Waals surface area contributed by atoms with Crippen LogP contribution >= 0.6 is 0 Å². The molecule has 0 spiro atoms. The van der Waals surface area contributed by atoms with Gasteiger partial charge in [0.1, 0.15) is 5.73 Å². The van der Waals surface area contributed by atoms with Gasteiger partial charge in [-0.15, -0.1) is 0 Å². The van der Waals surface area contributed by atoms with E-state index in [1.54, 1.807) is 36.1 Å². The summed E-state index contributed by atoms with van der Waals surface area (Å²) in [7, 11) is -1.04. The van der Waals surface area contributed by atoms with Crippen molar-refractivity contribution in [1.29, 1.82) is 0 Å². The number of rotatable bonds is 3. The zero-order valence-electron chi connectivity index (χ0n) is 16.6. The van der Waals surface area contributed by atoms with Crippen LogP contribution in [0.3, 0.4) is 0 Å². The summed E-state index contributed by atoms with van der Waals surface area (Å²) in [5.74, 6) is -0.119. The van der Waals surface area contributed by atoms with Crippen LogP contribution in [-0.4, -0.2) is 53.4 Å². The van der Waals surface area contributed by atoms with Crippen LogP contribution in [0, 0.1) is 0 Å². The molecular formula is C20H27BFNO4. The lowest BCUT2D eigenvalue weighted by Crippen LogP contribution is -2.41. The summed E-state index contributed by atoms with van der Waals surface area (Å²) in [4.78, 5) is 14.1. The highest BCUT2D eigenvalue weighted by molar-refractivity contribution is 6.55. The summed E-state index contributed by atoms with van der Waals surface area (Å²) in [6.45, 7) is 10.1. The molecule has 1 amide bonds. The van der Waals surface area contributed by atoms with E-state index in [0.29, 0.717) is 36.2 Å². The van der Waals surface area contributed by atoms with Gasteiger partial charge in [0.2, 0.25) is 0 Å². The van der Waals surface area contributed by atoms with Crippen LogP contribution in [0.2, 0.25) is 0 Å². The molecule has 2 saturated heterocycles. The van der Waals surface area contributed by atoms with Crippen LogP contribution in [0.4, 0.5) is 4.39 Å². The van der Waals surface area contributed by atoms with Crippen molar-refractivity contribution in [2.24, 2.45) is 0 Å². The van der Waals surface area contributed by atoms with Gasteiger partial charge in [0, 0.05) is 18.7 Å². The number of halogens is 1. The van der Waals surface area contributed by atoms with Gasteiger partial charge in [-0.05, 0) is 64.3 Å². The molecule has 0 aromatic heterocycles. The predicted octanol–water partition coefficient (Wildman–Crippen LogP) is 3.23. The molecule has 0 saturated carbocycles. The van der Waals surface area contributed by atoms with Gasteiger partial charge in [0.25, 0.3) is 5.91 Å². The van der Waals surface area contributed by atoms with Crippen molar-refractivity contribution in [2.75, 3.05) is 13.1 Å². The number of amides is 1. The number of carbonyl (C=O) groups is 1. The minimum atomic E-state index is -1.04. The van der Waals surface area contributed by atoms with Crippen molar-refractivity contribution in [1.82, 2.24) is 4.90 Å². The lowest BCUT2D eigenvalue weighted by molar-refractivity contribution is 0.00578. The fraction of sp³-hybridized carbons (Fsp3) is 0.550. The molecular weight excluding hydrogens is 348 g/mol. The number of hydrogen-bond acceptors (Lipinski definition) is 4. The van der Waals surface area contributed by atoms with Crippen LogP contribution in [0.25, 0.3) is 5.57 Å². The third-order valence-electron chi connectivity index (χ3n) is 5.83. The van der Waals surface area contributed by atoms with Gasteiger partial charge in [-0.25, -0.2) is 4.39 Å². The number of allylic oxidation sites excluding steroid dienone is 1. The number of nitrogens with zero attached hydrogens (tertiary/aromatic N) is 1. The number of hydrogen-bond donors (Lipinski definition) is 1. The Morgan fingerprint density at radius 1 is 1.15 bits per heavy atom. The standard InChI is InChI=1S/C20H27BFNO4/c1-13(17(22)21-26-19(2,3)20(4,5)27-21)14-6-8-15(9-7-14)18(25)23-11-10-16(24)12-23/h6-9,16,24H,10-12H2,1-5H3. The highest BCUT2D eigenvalue weighted by Gasteiger charge is 2.53. The molecule has 1 aromatic carbocycles. The Kier molecular flexibility index (Phi) is 5.23. The van der Waals surface area contributed by atoms with E-state index in [0.717, 1.165) is 0 Å². The molecule has 1 aromatic rings. The minimum absolute atomic E-state index is 0.119. The number of β-amino-alcohol motifs (C(OH)–C–C–N with tert-alkyl or cyclic N) is 1. The van der Waals surface area contributed by atoms with Crippen LogP contribution in [0.15, 0.2) is 30.0 Å². The first-order valence-corrected chi connectivity index (χ1v) is 9.31. The molecule has 146 valence electrons. The van der Waals surface area contributed by atoms with Crippen molar-refractivity contribution in [3.63, 3.8) is 0 Å². The quantitative estimate of drug-likeness (QED) is 0.825. The van der Waals surface area contributed by atoms with E-state index in [2.05, 4.69) is 0 Å². The highest BCUT2D eigenvalue weighted by atomic mass is 19.1. The zero-order valence-corrected chi connectivity index (χ0v) is 16.6. The summed E-state index contributed by atoms with van der Waals surface area (Å²) < 4.78 is 26.5. The van der Waals surface area contributed by atoms with Crippen molar-refractivity contribution in [2.45, 2.75) is 58.3 Å². The first-order chi connectivity index (χ1) is 12.5. The summed E-state index contributed by atoms with van der Waals surface area (Å²) in [5.41, 5.74) is -0.0612. The van der Waals surface area contributed by atoms with E-state index in [1.165, 1.54) is 0 Å². The number of benzene rings is 1. The van der Waals surface area contributed by atoms with Crippen LogP contribution in [-0.2, 0) is 9.31 Å². The highest BCUT2D eigenvalue weighted by Crippen LogP contribution is 2.40. The Labute approximate surface area is 160 Å². The number of carbonyl (C=O) groups excluding carboxylic acids is 1. The van der Waals surface area contributed by atoms with Gasteiger partial charge in [-0.3, -0.25) is 4.79 Å². The van der Waals surface area contributed by atoms with Gasteiger partial charge in [-0.2, -0.15) is 0 Å². The van der Waals surface area contributed by atoms with Crippen LogP contribution in [0.1, 0.15) is 57.0 Å².